The molecule has 0 saturated heterocycles. The van der Waals surface area contributed by atoms with E-state index in [4.69, 9.17) is 32.7 Å². The molecule has 0 saturated carbocycles. The van der Waals surface area contributed by atoms with E-state index in [1.165, 1.54) is 0 Å². The lowest BCUT2D eigenvalue weighted by Crippen LogP contribution is -1.99. The maximum Gasteiger partial charge on any atom is 0.127 e. The van der Waals surface area contributed by atoms with Gasteiger partial charge in [0, 0.05) is 21.1 Å². The molecule has 5 heteroatoms. The van der Waals surface area contributed by atoms with Crippen LogP contribution in [-0.4, -0.2) is 14.2 Å². The summed E-state index contributed by atoms with van der Waals surface area (Å²) in [6.45, 7) is 0. The molecule has 2 aromatic carbocycles. The smallest absolute Gasteiger partial charge is 0.127 e. The summed E-state index contributed by atoms with van der Waals surface area (Å²) in [6, 6.07) is 11.1. The maximum absolute atomic E-state index is 6.57. The number of ether oxygens (including phenoxy) is 2. The quantitative estimate of drug-likeness (QED) is 0.661. The molecule has 1 unspecified atom stereocenters. The SMILES string of the molecule is COc1ccc(C(Cl)c2ccc(Cl)cc2Br)c(OC)c1. The maximum atomic E-state index is 6.57. The lowest BCUT2D eigenvalue weighted by atomic mass is 10.0. The van der Waals surface area contributed by atoms with Gasteiger partial charge in [-0.15, -0.1) is 11.6 Å². The van der Waals surface area contributed by atoms with Crippen LogP contribution in [0.5, 0.6) is 11.5 Å². The summed E-state index contributed by atoms with van der Waals surface area (Å²) in [4.78, 5) is 0. The molecular formula is C15H13BrCl2O2. The Morgan fingerprint density at radius 1 is 1.00 bits per heavy atom. The van der Waals surface area contributed by atoms with Gasteiger partial charge in [0.05, 0.1) is 19.6 Å². The van der Waals surface area contributed by atoms with Crippen LogP contribution in [-0.2, 0) is 0 Å². The van der Waals surface area contributed by atoms with E-state index in [-0.39, 0.29) is 5.38 Å². The first-order valence-corrected chi connectivity index (χ1v) is 7.48. The van der Waals surface area contributed by atoms with Crippen LogP contribution in [0.4, 0.5) is 0 Å². The van der Waals surface area contributed by atoms with Crippen LogP contribution in [0.15, 0.2) is 40.9 Å². The highest BCUT2D eigenvalue weighted by molar-refractivity contribution is 9.10. The predicted octanol–water partition coefficient (Wildman–Crippen LogP) is 5.45. The van der Waals surface area contributed by atoms with Crippen molar-refractivity contribution in [3.05, 3.63) is 57.0 Å². The van der Waals surface area contributed by atoms with E-state index < -0.39 is 0 Å². The highest BCUT2D eigenvalue weighted by atomic mass is 79.9. The highest BCUT2D eigenvalue weighted by Crippen LogP contribution is 2.40. The van der Waals surface area contributed by atoms with E-state index in [1.807, 2.05) is 36.4 Å². The van der Waals surface area contributed by atoms with Crippen molar-refractivity contribution < 1.29 is 9.47 Å². The molecule has 1 atom stereocenters. The molecule has 0 spiro atoms. The second-order valence-electron chi connectivity index (χ2n) is 4.14. The zero-order valence-corrected chi connectivity index (χ0v) is 14.1. The zero-order valence-electron chi connectivity index (χ0n) is 11.0. The van der Waals surface area contributed by atoms with Gasteiger partial charge in [-0.25, -0.2) is 0 Å². The molecule has 106 valence electrons. The van der Waals surface area contributed by atoms with Gasteiger partial charge in [0.2, 0.25) is 0 Å². The number of halogens is 3. The van der Waals surface area contributed by atoms with Crippen LogP contribution in [0, 0.1) is 0 Å². The van der Waals surface area contributed by atoms with Gasteiger partial charge in [-0.2, -0.15) is 0 Å². The largest absolute Gasteiger partial charge is 0.497 e. The molecule has 0 N–H and O–H groups in total. The Balaban J connectivity index is 2.44. The molecule has 20 heavy (non-hydrogen) atoms. The molecule has 0 radical (unpaired) electrons. The van der Waals surface area contributed by atoms with Gasteiger partial charge in [0.1, 0.15) is 11.5 Å². The third-order valence-corrected chi connectivity index (χ3v) is 4.34. The number of rotatable bonds is 4. The highest BCUT2D eigenvalue weighted by Gasteiger charge is 2.18. The Morgan fingerprint density at radius 3 is 2.30 bits per heavy atom. The van der Waals surface area contributed by atoms with Crippen molar-refractivity contribution >= 4 is 39.1 Å². The first-order valence-electron chi connectivity index (χ1n) is 5.87. The molecule has 0 bridgehead atoms. The monoisotopic (exact) mass is 374 g/mol. The first kappa shape index (κ1) is 15.5. The summed E-state index contributed by atoms with van der Waals surface area (Å²) < 4.78 is 11.4. The fourth-order valence-corrected chi connectivity index (χ4v) is 3.32. The van der Waals surface area contributed by atoms with Gasteiger partial charge in [-0.05, 0) is 29.8 Å². The van der Waals surface area contributed by atoms with Gasteiger partial charge in [-0.3, -0.25) is 0 Å². The van der Waals surface area contributed by atoms with Crippen molar-refractivity contribution in [3.8, 4) is 11.5 Å². The van der Waals surface area contributed by atoms with Crippen molar-refractivity contribution in [2.24, 2.45) is 0 Å². The summed E-state index contributed by atoms with van der Waals surface area (Å²) >= 11 is 16.0. The number of methoxy groups -OCH3 is 2. The van der Waals surface area contributed by atoms with E-state index >= 15 is 0 Å². The van der Waals surface area contributed by atoms with Crippen molar-refractivity contribution in [2.45, 2.75) is 5.38 Å². The van der Waals surface area contributed by atoms with Crippen LogP contribution in [0.1, 0.15) is 16.5 Å². The van der Waals surface area contributed by atoms with Gasteiger partial charge < -0.3 is 9.47 Å². The molecule has 0 aliphatic rings. The molecule has 2 nitrogen and oxygen atoms in total. The van der Waals surface area contributed by atoms with Crippen LogP contribution in [0.25, 0.3) is 0 Å². The van der Waals surface area contributed by atoms with Gasteiger partial charge in [0.25, 0.3) is 0 Å². The van der Waals surface area contributed by atoms with Crippen LogP contribution in [0.3, 0.4) is 0 Å². The van der Waals surface area contributed by atoms with Crippen LogP contribution >= 0.6 is 39.1 Å². The molecule has 0 aliphatic carbocycles. The number of alkyl halides is 1. The van der Waals surface area contributed by atoms with Crippen LogP contribution in [0.2, 0.25) is 5.02 Å². The summed E-state index contributed by atoms with van der Waals surface area (Å²) in [7, 11) is 3.22. The summed E-state index contributed by atoms with van der Waals surface area (Å²) in [5, 5.41) is 0.314. The fourth-order valence-electron chi connectivity index (χ4n) is 1.90. The third kappa shape index (κ3) is 3.22. The minimum atomic E-state index is -0.345. The molecule has 0 fully saturated rings. The minimum Gasteiger partial charge on any atom is -0.497 e. The van der Waals surface area contributed by atoms with Crippen molar-refractivity contribution in [2.75, 3.05) is 14.2 Å². The van der Waals surface area contributed by atoms with E-state index in [1.54, 1.807) is 14.2 Å². The zero-order chi connectivity index (χ0) is 14.7. The Labute approximate surface area is 136 Å². The van der Waals surface area contributed by atoms with E-state index in [0.717, 1.165) is 21.3 Å². The van der Waals surface area contributed by atoms with E-state index in [9.17, 15) is 0 Å². The predicted molar refractivity (Wildman–Crippen MR) is 86.4 cm³/mol. The second kappa shape index (κ2) is 6.70. The summed E-state index contributed by atoms with van der Waals surface area (Å²) in [5.41, 5.74) is 1.80. The normalized spacial score (nSPS) is 12.1. The Bertz CT molecular complexity index is 617. The van der Waals surface area contributed by atoms with Crippen molar-refractivity contribution in [1.29, 1.82) is 0 Å². The Kier molecular flexibility index (Phi) is 5.19. The summed E-state index contributed by atoms with van der Waals surface area (Å²) in [6.07, 6.45) is 0. The van der Waals surface area contributed by atoms with Gasteiger partial charge in [-0.1, -0.05) is 33.6 Å². The molecule has 0 heterocycles. The summed E-state index contributed by atoms with van der Waals surface area (Å²) in [5.74, 6) is 1.41. The molecule has 2 rings (SSSR count). The number of hydrogen-bond donors (Lipinski definition) is 0. The van der Waals surface area contributed by atoms with E-state index in [2.05, 4.69) is 15.9 Å². The molecule has 0 aromatic heterocycles. The fraction of sp³-hybridized carbons (Fsp3) is 0.200. The molecule has 0 aliphatic heterocycles. The average Bonchev–Trinajstić information content (AvgIpc) is 2.46. The lowest BCUT2D eigenvalue weighted by Gasteiger charge is -2.16. The lowest BCUT2D eigenvalue weighted by molar-refractivity contribution is 0.391. The third-order valence-electron chi connectivity index (χ3n) is 2.95. The Hall–Kier alpha value is -0.900. The standard InChI is InChI=1S/C15H13BrCl2O2/c1-19-10-4-6-12(14(8-10)20-2)15(18)11-5-3-9(17)7-13(11)16/h3-8,15H,1-2H3. The Morgan fingerprint density at radius 2 is 1.70 bits per heavy atom. The topological polar surface area (TPSA) is 18.5 Å². The molecule has 2 aromatic rings. The van der Waals surface area contributed by atoms with Crippen molar-refractivity contribution in [3.63, 3.8) is 0 Å². The minimum absolute atomic E-state index is 0.345. The average molecular weight is 376 g/mol. The van der Waals surface area contributed by atoms with Gasteiger partial charge >= 0.3 is 0 Å². The number of benzene rings is 2. The molecule has 0 amide bonds. The van der Waals surface area contributed by atoms with Crippen LogP contribution < -0.4 is 9.47 Å². The first-order chi connectivity index (χ1) is 9.56. The van der Waals surface area contributed by atoms with Gasteiger partial charge in [0.15, 0.2) is 0 Å². The second-order valence-corrected chi connectivity index (χ2v) is 5.86. The number of hydrogen-bond acceptors (Lipinski definition) is 2. The van der Waals surface area contributed by atoms with Crippen molar-refractivity contribution in [1.82, 2.24) is 0 Å². The molecular weight excluding hydrogens is 363 g/mol. The van der Waals surface area contributed by atoms with E-state index in [0.29, 0.717) is 10.8 Å².